The second kappa shape index (κ2) is 7.27. The third kappa shape index (κ3) is 4.20. The van der Waals surface area contributed by atoms with E-state index in [0.29, 0.717) is 26.1 Å². The maximum atomic E-state index is 12.0. The lowest BCUT2D eigenvalue weighted by molar-refractivity contribution is -0.0148. The molecule has 0 atom stereocenters. The summed E-state index contributed by atoms with van der Waals surface area (Å²) in [5.41, 5.74) is 0.0140. The second-order valence-electron chi connectivity index (χ2n) is 6.41. The summed E-state index contributed by atoms with van der Waals surface area (Å²) < 4.78 is 10.7. The van der Waals surface area contributed by atoms with Gasteiger partial charge < -0.3 is 19.9 Å². The van der Waals surface area contributed by atoms with Gasteiger partial charge in [-0.3, -0.25) is 4.98 Å². The Morgan fingerprint density at radius 3 is 2.70 bits per heavy atom. The van der Waals surface area contributed by atoms with Crippen LogP contribution >= 0.6 is 0 Å². The molecule has 3 rings (SSSR count). The summed E-state index contributed by atoms with van der Waals surface area (Å²) in [5, 5.41) is 13.7. The molecule has 0 bridgehead atoms. The van der Waals surface area contributed by atoms with Crippen molar-refractivity contribution in [2.45, 2.75) is 56.3 Å². The van der Waals surface area contributed by atoms with Crippen LogP contribution in [0.15, 0.2) is 24.5 Å². The number of hydrogen-bond donors (Lipinski definition) is 2. The summed E-state index contributed by atoms with van der Waals surface area (Å²) in [7, 11) is 0. The number of carbonyl (C=O) groups is 1. The molecule has 6 nitrogen and oxygen atoms in total. The molecule has 126 valence electrons. The Bertz CT molecular complexity index is 509. The molecule has 2 N–H and O–H groups in total. The van der Waals surface area contributed by atoms with Gasteiger partial charge in [0.15, 0.2) is 0 Å². The lowest BCUT2D eigenvalue weighted by atomic mass is 9.78. The maximum absolute atomic E-state index is 12.0. The van der Waals surface area contributed by atoms with Crippen molar-refractivity contribution in [3.05, 3.63) is 30.1 Å². The average molecular weight is 320 g/mol. The molecule has 2 heterocycles. The van der Waals surface area contributed by atoms with Crippen LogP contribution < -0.4 is 5.32 Å². The van der Waals surface area contributed by atoms with Crippen molar-refractivity contribution in [3.8, 4) is 0 Å². The van der Waals surface area contributed by atoms with Crippen molar-refractivity contribution in [3.63, 3.8) is 0 Å². The summed E-state index contributed by atoms with van der Waals surface area (Å²) in [4.78, 5) is 16.0. The van der Waals surface area contributed by atoms with Crippen molar-refractivity contribution in [2.75, 3.05) is 13.2 Å². The Balaban J connectivity index is 1.46. The minimum absolute atomic E-state index is 0.0420. The van der Waals surface area contributed by atoms with Crippen LogP contribution in [-0.2, 0) is 15.1 Å². The van der Waals surface area contributed by atoms with E-state index in [0.717, 1.165) is 31.2 Å². The standard InChI is InChI=1S/C17H24N2O4/c20-16(23-15-5-10-22-11-6-15)19-14-3-7-17(21,8-4-14)13-2-1-9-18-12-13/h1-2,9,12,14-15,21H,3-8,10-11H2,(H,19,20). The Morgan fingerprint density at radius 1 is 1.30 bits per heavy atom. The lowest BCUT2D eigenvalue weighted by Crippen LogP contribution is -2.43. The van der Waals surface area contributed by atoms with Gasteiger partial charge in [0.2, 0.25) is 0 Å². The van der Waals surface area contributed by atoms with E-state index in [9.17, 15) is 9.90 Å². The fourth-order valence-electron chi connectivity index (χ4n) is 3.31. The Labute approximate surface area is 136 Å². The van der Waals surface area contributed by atoms with E-state index in [1.54, 1.807) is 12.4 Å². The first-order chi connectivity index (χ1) is 11.2. The topological polar surface area (TPSA) is 80.7 Å². The van der Waals surface area contributed by atoms with Gasteiger partial charge in [0.1, 0.15) is 6.10 Å². The van der Waals surface area contributed by atoms with E-state index in [-0.39, 0.29) is 18.2 Å². The fourth-order valence-corrected chi connectivity index (χ4v) is 3.31. The lowest BCUT2D eigenvalue weighted by Gasteiger charge is -2.36. The zero-order valence-corrected chi connectivity index (χ0v) is 13.2. The third-order valence-electron chi connectivity index (χ3n) is 4.78. The Kier molecular flexibility index (Phi) is 5.13. The van der Waals surface area contributed by atoms with Crippen LogP contribution in [0.3, 0.4) is 0 Å². The minimum atomic E-state index is -0.836. The van der Waals surface area contributed by atoms with E-state index >= 15 is 0 Å². The summed E-state index contributed by atoms with van der Waals surface area (Å²) in [6, 6.07) is 3.79. The molecule has 2 fully saturated rings. The first kappa shape index (κ1) is 16.2. The molecule has 0 unspecified atom stereocenters. The van der Waals surface area contributed by atoms with Gasteiger partial charge in [-0.2, -0.15) is 0 Å². The van der Waals surface area contributed by atoms with Gasteiger partial charge >= 0.3 is 6.09 Å². The van der Waals surface area contributed by atoms with Gasteiger partial charge in [-0.15, -0.1) is 0 Å². The predicted octanol–water partition coefficient (Wildman–Crippen LogP) is 2.12. The van der Waals surface area contributed by atoms with E-state index in [4.69, 9.17) is 9.47 Å². The van der Waals surface area contributed by atoms with E-state index in [2.05, 4.69) is 10.3 Å². The number of aliphatic hydroxyl groups is 1. The predicted molar refractivity (Wildman–Crippen MR) is 83.8 cm³/mol. The molecule has 1 aromatic heterocycles. The van der Waals surface area contributed by atoms with Crippen LogP contribution in [0.5, 0.6) is 0 Å². The number of rotatable bonds is 3. The number of alkyl carbamates (subject to hydrolysis) is 1. The molecule has 0 spiro atoms. The number of amides is 1. The van der Waals surface area contributed by atoms with Crippen LogP contribution in [0.2, 0.25) is 0 Å². The van der Waals surface area contributed by atoms with E-state index < -0.39 is 5.60 Å². The number of nitrogens with zero attached hydrogens (tertiary/aromatic N) is 1. The highest BCUT2D eigenvalue weighted by Gasteiger charge is 2.35. The molecular formula is C17H24N2O4. The smallest absolute Gasteiger partial charge is 0.407 e. The molecule has 0 aromatic carbocycles. The van der Waals surface area contributed by atoms with Crippen molar-refractivity contribution < 1.29 is 19.4 Å². The monoisotopic (exact) mass is 320 g/mol. The van der Waals surface area contributed by atoms with Crippen molar-refractivity contribution in [2.24, 2.45) is 0 Å². The third-order valence-corrected chi connectivity index (χ3v) is 4.78. The molecule has 6 heteroatoms. The largest absolute Gasteiger partial charge is 0.446 e. The van der Waals surface area contributed by atoms with Crippen molar-refractivity contribution in [1.29, 1.82) is 0 Å². The van der Waals surface area contributed by atoms with Crippen LogP contribution in [0.1, 0.15) is 44.1 Å². The first-order valence-corrected chi connectivity index (χ1v) is 8.33. The summed E-state index contributed by atoms with van der Waals surface area (Å²) >= 11 is 0. The minimum Gasteiger partial charge on any atom is -0.446 e. The highest BCUT2D eigenvalue weighted by Crippen LogP contribution is 2.36. The molecule has 1 saturated heterocycles. The molecule has 1 saturated carbocycles. The van der Waals surface area contributed by atoms with Crippen LogP contribution in [0.4, 0.5) is 4.79 Å². The highest BCUT2D eigenvalue weighted by atomic mass is 16.6. The van der Waals surface area contributed by atoms with Gasteiger partial charge in [0.05, 0.1) is 18.8 Å². The number of carbonyl (C=O) groups excluding carboxylic acids is 1. The molecule has 1 aromatic rings. The first-order valence-electron chi connectivity index (χ1n) is 8.33. The molecule has 23 heavy (non-hydrogen) atoms. The number of nitrogens with one attached hydrogen (secondary N) is 1. The van der Waals surface area contributed by atoms with E-state index in [1.165, 1.54) is 0 Å². The zero-order valence-electron chi connectivity index (χ0n) is 13.2. The summed E-state index contributed by atoms with van der Waals surface area (Å²) in [5.74, 6) is 0. The van der Waals surface area contributed by atoms with Crippen molar-refractivity contribution in [1.82, 2.24) is 10.3 Å². The molecular weight excluding hydrogens is 296 g/mol. The summed E-state index contributed by atoms with van der Waals surface area (Å²) in [6.45, 7) is 1.30. The molecule has 1 aliphatic heterocycles. The second-order valence-corrected chi connectivity index (χ2v) is 6.41. The zero-order chi connectivity index (χ0) is 16.1. The summed E-state index contributed by atoms with van der Waals surface area (Å²) in [6.07, 6.45) is 7.23. The molecule has 2 aliphatic rings. The molecule has 1 amide bonds. The van der Waals surface area contributed by atoms with Gasteiger partial charge in [0, 0.05) is 36.8 Å². The molecule has 0 radical (unpaired) electrons. The van der Waals surface area contributed by atoms with Crippen LogP contribution in [0, 0.1) is 0 Å². The van der Waals surface area contributed by atoms with Gasteiger partial charge in [-0.25, -0.2) is 4.79 Å². The van der Waals surface area contributed by atoms with E-state index in [1.807, 2.05) is 12.1 Å². The SMILES string of the molecule is O=C(NC1CCC(O)(c2cccnc2)CC1)OC1CCOCC1. The van der Waals surface area contributed by atoms with Gasteiger partial charge in [0.25, 0.3) is 0 Å². The average Bonchev–Trinajstić information content (AvgIpc) is 2.59. The van der Waals surface area contributed by atoms with Crippen LogP contribution in [0.25, 0.3) is 0 Å². The van der Waals surface area contributed by atoms with Gasteiger partial charge in [-0.1, -0.05) is 6.07 Å². The number of hydrogen-bond acceptors (Lipinski definition) is 5. The highest BCUT2D eigenvalue weighted by molar-refractivity contribution is 5.67. The Morgan fingerprint density at radius 2 is 2.04 bits per heavy atom. The number of pyridine rings is 1. The number of ether oxygens (including phenoxy) is 2. The van der Waals surface area contributed by atoms with Crippen molar-refractivity contribution >= 4 is 6.09 Å². The van der Waals surface area contributed by atoms with Gasteiger partial charge in [-0.05, 0) is 31.7 Å². The number of aromatic nitrogens is 1. The van der Waals surface area contributed by atoms with Crippen LogP contribution in [-0.4, -0.2) is 41.5 Å². The maximum Gasteiger partial charge on any atom is 0.407 e. The molecule has 1 aliphatic carbocycles. The normalized spacial score (nSPS) is 29.0. The quantitative estimate of drug-likeness (QED) is 0.891. The fraction of sp³-hybridized carbons (Fsp3) is 0.647. The Hall–Kier alpha value is -1.66.